The molecular formula is C20H25FN6O. The summed E-state index contributed by atoms with van der Waals surface area (Å²) in [4.78, 5) is 27.8. The van der Waals surface area contributed by atoms with Crippen LogP contribution in [0.25, 0.3) is 0 Å². The minimum atomic E-state index is -0.320. The number of aliphatic imine (C=N–C) groups is 2. The number of benzene rings is 1. The monoisotopic (exact) mass is 384 g/mol. The molecule has 28 heavy (non-hydrogen) atoms. The maximum atomic E-state index is 13.7. The molecule has 3 heterocycles. The van der Waals surface area contributed by atoms with Crippen molar-refractivity contribution in [3.05, 3.63) is 41.5 Å². The Balaban J connectivity index is 1.35. The van der Waals surface area contributed by atoms with Gasteiger partial charge in [0.2, 0.25) is 0 Å². The third-order valence-corrected chi connectivity index (χ3v) is 5.48. The molecule has 2 amide bonds. The zero-order chi connectivity index (χ0) is 19.7. The van der Waals surface area contributed by atoms with E-state index in [4.69, 9.17) is 4.99 Å². The second-order valence-electron chi connectivity index (χ2n) is 7.27. The van der Waals surface area contributed by atoms with Crippen LogP contribution in [-0.4, -0.2) is 71.7 Å². The number of urea groups is 1. The van der Waals surface area contributed by atoms with Crippen molar-refractivity contribution in [1.29, 1.82) is 0 Å². The minimum absolute atomic E-state index is 0.202. The average Bonchev–Trinajstić information content (AvgIpc) is 3.14. The Hall–Kier alpha value is -2.90. The molecular weight excluding hydrogens is 359 g/mol. The van der Waals surface area contributed by atoms with Crippen LogP contribution in [0.3, 0.4) is 0 Å². The van der Waals surface area contributed by atoms with E-state index in [1.165, 1.54) is 6.07 Å². The third kappa shape index (κ3) is 3.58. The number of hydrogen-bond acceptors (Lipinski definition) is 5. The van der Waals surface area contributed by atoms with Gasteiger partial charge >= 0.3 is 6.03 Å². The largest absolute Gasteiger partial charge is 0.353 e. The van der Waals surface area contributed by atoms with Crippen molar-refractivity contribution in [2.45, 2.75) is 26.3 Å². The van der Waals surface area contributed by atoms with Crippen LogP contribution in [0.1, 0.15) is 18.9 Å². The number of nitrogens with one attached hydrogen (secondary N) is 1. The summed E-state index contributed by atoms with van der Waals surface area (Å²) >= 11 is 0. The van der Waals surface area contributed by atoms with E-state index in [0.717, 1.165) is 24.6 Å². The molecule has 0 saturated carbocycles. The Morgan fingerprint density at radius 1 is 1.29 bits per heavy atom. The van der Waals surface area contributed by atoms with E-state index in [0.29, 0.717) is 43.5 Å². The number of piperazine rings is 1. The highest BCUT2D eigenvalue weighted by Gasteiger charge is 2.28. The molecule has 4 rings (SSSR count). The lowest BCUT2D eigenvalue weighted by molar-refractivity contribution is 0.167. The summed E-state index contributed by atoms with van der Waals surface area (Å²) in [6, 6.07) is 4.84. The minimum Gasteiger partial charge on any atom is -0.353 e. The molecule has 7 nitrogen and oxygen atoms in total. The summed E-state index contributed by atoms with van der Waals surface area (Å²) in [5, 5.41) is 2.82. The van der Waals surface area contributed by atoms with Crippen molar-refractivity contribution in [2.75, 3.05) is 38.0 Å². The first-order valence-electron chi connectivity index (χ1n) is 9.71. The van der Waals surface area contributed by atoms with E-state index < -0.39 is 0 Å². The maximum Gasteiger partial charge on any atom is 0.321 e. The Morgan fingerprint density at radius 3 is 2.82 bits per heavy atom. The van der Waals surface area contributed by atoms with Gasteiger partial charge < -0.3 is 20.0 Å². The predicted octanol–water partition coefficient (Wildman–Crippen LogP) is 2.66. The molecule has 1 N–H and O–H groups in total. The van der Waals surface area contributed by atoms with Crippen molar-refractivity contribution in [1.82, 2.24) is 14.7 Å². The van der Waals surface area contributed by atoms with Gasteiger partial charge in [0, 0.05) is 50.1 Å². The second kappa shape index (κ2) is 7.61. The third-order valence-electron chi connectivity index (χ3n) is 5.48. The molecule has 0 unspecified atom stereocenters. The fraction of sp³-hybridized carbons (Fsp3) is 0.450. The quantitative estimate of drug-likeness (QED) is 0.872. The van der Waals surface area contributed by atoms with Crippen LogP contribution < -0.4 is 5.32 Å². The zero-order valence-electron chi connectivity index (χ0n) is 16.2. The van der Waals surface area contributed by atoms with E-state index in [9.17, 15) is 9.18 Å². The number of rotatable bonds is 3. The van der Waals surface area contributed by atoms with Crippen LogP contribution in [0, 0.1) is 12.7 Å². The van der Waals surface area contributed by atoms with Crippen LogP contribution in [0.15, 0.2) is 40.1 Å². The Morgan fingerprint density at radius 2 is 2.07 bits per heavy atom. The molecule has 0 spiro atoms. The summed E-state index contributed by atoms with van der Waals surface area (Å²) in [5.74, 6) is 1.55. The van der Waals surface area contributed by atoms with Gasteiger partial charge in [-0.25, -0.2) is 14.2 Å². The number of fused-ring (bicyclic) bond motifs is 1. The molecule has 1 aromatic rings. The van der Waals surface area contributed by atoms with Gasteiger partial charge in [-0.3, -0.25) is 4.99 Å². The van der Waals surface area contributed by atoms with Crippen LogP contribution >= 0.6 is 0 Å². The van der Waals surface area contributed by atoms with E-state index >= 15 is 0 Å². The van der Waals surface area contributed by atoms with Gasteiger partial charge in [0.05, 0.1) is 12.4 Å². The van der Waals surface area contributed by atoms with Crippen molar-refractivity contribution >= 4 is 23.9 Å². The number of amides is 2. The number of amidine groups is 1. The number of nitrogens with zero attached hydrogens (tertiary/aromatic N) is 5. The van der Waals surface area contributed by atoms with Gasteiger partial charge in [-0.15, -0.1) is 0 Å². The smallest absolute Gasteiger partial charge is 0.321 e. The number of halogens is 1. The lowest BCUT2D eigenvalue weighted by Gasteiger charge is -2.36. The van der Waals surface area contributed by atoms with Gasteiger partial charge in [-0.05, 0) is 25.5 Å². The SMILES string of the molecule is CC[C@@H]1CN2C=NC(N3CCN(C(=O)Nc4cccc(F)c4C)CC3)=CC2=N1. The molecule has 0 aromatic heterocycles. The van der Waals surface area contributed by atoms with E-state index in [1.54, 1.807) is 24.0 Å². The average molecular weight is 384 g/mol. The summed E-state index contributed by atoms with van der Waals surface area (Å²) in [5.41, 5.74) is 0.959. The van der Waals surface area contributed by atoms with Gasteiger partial charge in [0.1, 0.15) is 17.5 Å². The van der Waals surface area contributed by atoms with Crippen molar-refractivity contribution < 1.29 is 9.18 Å². The highest BCUT2D eigenvalue weighted by Crippen LogP contribution is 2.21. The van der Waals surface area contributed by atoms with Gasteiger partial charge in [0.25, 0.3) is 0 Å². The van der Waals surface area contributed by atoms with Crippen molar-refractivity contribution in [3.63, 3.8) is 0 Å². The molecule has 3 aliphatic rings. The summed E-state index contributed by atoms with van der Waals surface area (Å²) in [7, 11) is 0. The molecule has 8 heteroatoms. The summed E-state index contributed by atoms with van der Waals surface area (Å²) in [6.45, 7) is 7.26. The van der Waals surface area contributed by atoms with Crippen molar-refractivity contribution in [2.24, 2.45) is 9.98 Å². The lowest BCUT2D eigenvalue weighted by atomic mass is 10.2. The molecule has 1 fully saturated rings. The number of carbonyl (C=O) groups is 1. The molecule has 1 saturated heterocycles. The fourth-order valence-electron chi connectivity index (χ4n) is 3.60. The molecule has 1 atom stereocenters. The first kappa shape index (κ1) is 18.5. The molecule has 3 aliphatic heterocycles. The van der Waals surface area contributed by atoms with Crippen LogP contribution in [-0.2, 0) is 0 Å². The van der Waals surface area contributed by atoms with Gasteiger partial charge in [0.15, 0.2) is 0 Å². The predicted molar refractivity (Wildman–Crippen MR) is 108 cm³/mol. The normalized spacial score (nSPS) is 21.4. The molecule has 148 valence electrons. The van der Waals surface area contributed by atoms with E-state index in [2.05, 4.69) is 27.0 Å². The second-order valence-corrected chi connectivity index (χ2v) is 7.27. The molecule has 0 radical (unpaired) electrons. The zero-order valence-corrected chi connectivity index (χ0v) is 16.2. The summed E-state index contributed by atoms with van der Waals surface area (Å²) in [6.07, 6.45) is 4.91. The maximum absolute atomic E-state index is 13.7. The standard InChI is InChI=1S/C20H25FN6O/c1-3-15-12-27-13-22-18(11-19(27)23-15)25-7-9-26(10-8-25)20(28)24-17-6-4-5-16(21)14(17)2/h4-6,11,13,15H,3,7-10,12H2,1-2H3,(H,24,28)/t15-/m1/s1. The first-order valence-corrected chi connectivity index (χ1v) is 9.71. The van der Waals surface area contributed by atoms with Crippen LogP contribution in [0.4, 0.5) is 14.9 Å². The Bertz CT molecular complexity index is 856. The lowest BCUT2D eigenvalue weighted by Crippen LogP contribution is -2.50. The van der Waals surface area contributed by atoms with Crippen molar-refractivity contribution in [3.8, 4) is 0 Å². The highest BCUT2D eigenvalue weighted by atomic mass is 19.1. The molecule has 0 bridgehead atoms. The summed E-state index contributed by atoms with van der Waals surface area (Å²) < 4.78 is 13.7. The fourth-order valence-corrected chi connectivity index (χ4v) is 3.60. The Kier molecular flexibility index (Phi) is 5.02. The number of carbonyl (C=O) groups excluding carboxylic acids is 1. The van der Waals surface area contributed by atoms with Crippen LogP contribution in [0.5, 0.6) is 0 Å². The molecule has 1 aromatic carbocycles. The number of anilines is 1. The number of hydrogen-bond donors (Lipinski definition) is 1. The van der Waals surface area contributed by atoms with Crippen LogP contribution in [0.2, 0.25) is 0 Å². The van der Waals surface area contributed by atoms with E-state index in [-0.39, 0.29) is 11.8 Å². The van der Waals surface area contributed by atoms with Gasteiger partial charge in [-0.1, -0.05) is 13.0 Å². The van der Waals surface area contributed by atoms with Gasteiger partial charge in [-0.2, -0.15) is 0 Å². The molecule has 0 aliphatic carbocycles. The first-order chi connectivity index (χ1) is 13.5. The Labute approximate surface area is 164 Å². The highest BCUT2D eigenvalue weighted by molar-refractivity contribution is 6.03. The topological polar surface area (TPSA) is 63.5 Å². The van der Waals surface area contributed by atoms with E-state index in [1.807, 2.05) is 12.4 Å².